The number of halogens is 1. The SMILES string of the molecule is Brc1ccc(OCc2ccc(OC3CCNCC3)cc2)cc1. The van der Waals surface area contributed by atoms with Crippen LogP contribution in [0.5, 0.6) is 11.5 Å². The summed E-state index contributed by atoms with van der Waals surface area (Å²) in [5.41, 5.74) is 1.14. The van der Waals surface area contributed by atoms with Crippen LogP contribution < -0.4 is 14.8 Å². The molecule has 1 N–H and O–H groups in total. The van der Waals surface area contributed by atoms with E-state index in [1.165, 1.54) is 0 Å². The Balaban J connectivity index is 1.51. The van der Waals surface area contributed by atoms with Crippen LogP contribution in [0.2, 0.25) is 0 Å². The molecule has 1 saturated heterocycles. The second-order valence-corrected chi connectivity index (χ2v) is 6.37. The van der Waals surface area contributed by atoms with E-state index in [-0.39, 0.29) is 0 Å². The van der Waals surface area contributed by atoms with E-state index in [9.17, 15) is 0 Å². The van der Waals surface area contributed by atoms with Crippen molar-refractivity contribution in [1.82, 2.24) is 5.32 Å². The van der Waals surface area contributed by atoms with E-state index >= 15 is 0 Å². The van der Waals surface area contributed by atoms with Gasteiger partial charge in [-0.15, -0.1) is 0 Å². The Kier molecular flexibility index (Phi) is 5.35. The van der Waals surface area contributed by atoms with Gasteiger partial charge in [0.25, 0.3) is 0 Å². The van der Waals surface area contributed by atoms with Gasteiger partial charge in [0.1, 0.15) is 24.2 Å². The molecule has 1 heterocycles. The summed E-state index contributed by atoms with van der Waals surface area (Å²) in [6, 6.07) is 16.1. The standard InChI is InChI=1S/C18H20BrNO2/c19-15-3-7-16(8-4-15)21-13-14-1-5-17(6-2-14)22-18-9-11-20-12-10-18/h1-8,18,20H,9-13H2. The zero-order valence-corrected chi connectivity index (χ0v) is 14.0. The average Bonchev–Trinajstić information content (AvgIpc) is 2.57. The van der Waals surface area contributed by atoms with Gasteiger partial charge in [-0.3, -0.25) is 0 Å². The molecule has 0 aliphatic carbocycles. The largest absolute Gasteiger partial charge is 0.490 e. The van der Waals surface area contributed by atoms with Crippen LogP contribution in [0.15, 0.2) is 53.0 Å². The highest BCUT2D eigenvalue weighted by Crippen LogP contribution is 2.20. The number of hydrogen-bond acceptors (Lipinski definition) is 3. The summed E-state index contributed by atoms with van der Waals surface area (Å²) in [4.78, 5) is 0. The second kappa shape index (κ2) is 7.65. The van der Waals surface area contributed by atoms with Crippen molar-refractivity contribution < 1.29 is 9.47 Å². The van der Waals surface area contributed by atoms with Crippen molar-refractivity contribution in [2.45, 2.75) is 25.6 Å². The van der Waals surface area contributed by atoms with Crippen LogP contribution in [-0.2, 0) is 6.61 Å². The molecule has 0 radical (unpaired) electrons. The van der Waals surface area contributed by atoms with Crippen molar-refractivity contribution in [3.63, 3.8) is 0 Å². The number of nitrogens with one attached hydrogen (secondary N) is 1. The molecule has 0 saturated carbocycles. The molecule has 0 bridgehead atoms. The van der Waals surface area contributed by atoms with Gasteiger partial charge in [-0.1, -0.05) is 28.1 Å². The van der Waals surface area contributed by atoms with Gasteiger partial charge in [-0.05, 0) is 67.9 Å². The Morgan fingerprint density at radius 1 is 0.909 bits per heavy atom. The predicted octanol–water partition coefficient (Wildman–Crippen LogP) is 4.16. The predicted molar refractivity (Wildman–Crippen MR) is 91.4 cm³/mol. The maximum absolute atomic E-state index is 6.00. The van der Waals surface area contributed by atoms with Gasteiger partial charge in [0.2, 0.25) is 0 Å². The van der Waals surface area contributed by atoms with Crippen molar-refractivity contribution in [1.29, 1.82) is 0 Å². The summed E-state index contributed by atoms with van der Waals surface area (Å²) in [6.45, 7) is 2.66. The summed E-state index contributed by atoms with van der Waals surface area (Å²) < 4.78 is 12.8. The summed E-state index contributed by atoms with van der Waals surface area (Å²) in [5.74, 6) is 1.82. The lowest BCUT2D eigenvalue weighted by atomic mass is 10.1. The zero-order chi connectivity index (χ0) is 15.2. The van der Waals surface area contributed by atoms with Crippen LogP contribution in [0.4, 0.5) is 0 Å². The lowest BCUT2D eigenvalue weighted by Crippen LogP contribution is -2.34. The quantitative estimate of drug-likeness (QED) is 0.867. The average molecular weight is 362 g/mol. The molecule has 3 rings (SSSR count). The van der Waals surface area contributed by atoms with Crippen molar-refractivity contribution >= 4 is 15.9 Å². The van der Waals surface area contributed by atoms with Crippen LogP contribution in [-0.4, -0.2) is 19.2 Å². The molecule has 3 nitrogen and oxygen atoms in total. The van der Waals surface area contributed by atoms with Gasteiger partial charge in [-0.25, -0.2) is 0 Å². The van der Waals surface area contributed by atoms with E-state index in [1.807, 2.05) is 36.4 Å². The van der Waals surface area contributed by atoms with E-state index in [0.717, 1.165) is 47.5 Å². The third-order valence-corrected chi connectivity index (χ3v) is 4.26. The van der Waals surface area contributed by atoms with Crippen molar-refractivity contribution in [3.05, 3.63) is 58.6 Å². The Morgan fingerprint density at radius 3 is 2.23 bits per heavy atom. The van der Waals surface area contributed by atoms with E-state index < -0.39 is 0 Å². The molecule has 1 aliphatic rings. The summed E-state index contributed by atoms with van der Waals surface area (Å²) in [7, 11) is 0. The smallest absolute Gasteiger partial charge is 0.119 e. The highest BCUT2D eigenvalue weighted by Gasteiger charge is 2.14. The number of piperidine rings is 1. The first kappa shape index (κ1) is 15.4. The molecule has 1 aliphatic heterocycles. The van der Waals surface area contributed by atoms with Gasteiger partial charge in [-0.2, -0.15) is 0 Å². The Morgan fingerprint density at radius 2 is 1.55 bits per heavy atom. The number of ether oxygens (including phenoxy) is 2. The normalized spacial score (nSPS) is 15.5. The van der Waals surface area contributed by atoms with Crippen molar-refractivity contribution in [3.8, 4) is 11.5 Å². The minimum Gasteiger partial charge on any atom is -0.490 e. The molecular formula is C18H20BrNO2. The molecule has 116 valence electrons. The first-order valence-electron chi connectivity index (χ1n) is 7.64. The number of rotatable bonds is 5. The van der Waals surface area contributed by atoms with Gasteiger partial charge in [0, 0.05) is 4.47 Å². The highest BCUT2D eigenvalue weighted by atomic mass is 79.9. The fourth-order valence-corrected chi connectivity index (χ4v) is 2.73. The van der Waals surface area contributed by atoms with Gasteiger partial charge >= 0.3 is 0 Å². The third-order valence-electron chi connectivity index (χ3n) is 3.73. The molecule has 22 heavy (non-hydrogen) atoms. The first-order valence-corrected chi connectivity index (χ1v) is 8.43. The highest BCUT2D eigenvalue weighted by molar-refractivity contribution is 9.10. The van der Waals surface area contributed by atoms with Crippen LogP contribution in [0.1, 0.15) is 18.4 Å². The minimum atomic E-state index is 0.339. The molecule has 4 heteroatoms. The minimum absolute atomic E-state index is 0.339. The van der Waals surface area contributed by atoms with Crippen LogP contribution in [0.25, 0.3) is 0 Å². The summed E-state index contributed by atoms with van der Waals surface area (Å²) in [6.07, 6.45) is 2.49. The van der Waals surface area contributed by atoms with E-state index in [4.69, 9.17) is 9.47 Å². The molecule has 0 amide bonds. The third kappa shape index (κ3) is 4.49. The topological polar surface area (TPSA) is 30.5 Å². The molecule has 0 atom stereocenters. The fourth-order valence-electron chi connectivity index (χ4n) is 2.47. The Labute approximate surface area is 139 Å². The van der Waals surface area contributed by atoms with Crippen molar-refractivity contribution in [2.75, 3.05) is 13.1 Å². The number of benzene rings is 2. The van der Waals surface area contributed by atoms with E-state index in [1.54, 1.807) is 0 Å². The van der Waals surface area contributed by atoms with Crippen LogP contribution in [0, 0.1) is 0 Å². The van der Waals surface area contributed by atoms with Crippen molar-refractivity contribution in [2.24, 2.45) is 0 Å². The summed E-state index contributed by atoms with van der Waals surface area (Å²) in [5, 5.41) is 3.35. The lowest BCUT2D eigenvalue weighted by molar-refractivity contribution is 0.162. The molecule has 2 aromatic rings. The van der Waals surface area contributed by atoms with E-state index in [0.29, 0.717) is 12.7 Å². The zero-order valence-electron chi connectivity index (χ0n) is 12.4. The van der Waals surface area contributed by atoms with Gasteiger partial charge in [0.05, 0.1) is 0 Å². The number of hydrogen-bond donors (Lipinski definition) is 1. The van der Waals surface area contributed by atoms with Gasteiger partial charge in [0.15, 0.2) is 0 Å². The molecule has 1 fully saturated rings. The fraction of sp³-hybridized carbons (Fsp3) is 0.333. The molecule has 2 aromatic carbocycles. The van der Waals surface area contributed by atoms with Crippen LogP contribution >= 0.6 is 15.9 Å². The Hall–Kier alpha value is -1.52. The molecular weight excluding hydrogens is 342 g/mol. The van der Waals surface area contributed by atoms with Gasteiger partial charge < -0.3 is 14.8 Å². The van der Waals surface area contributed by atoms with Crippen LogP contribution in [0.3, 0.4) is 0 Å². The molecule has 0 spiro atoms. The Bertz CT molecular complexity index is 577. The second-order valence-electron chi connectivity index (χ2n) is 5.45. The molecule has 0 unspecified atom stereocenters. The maximum Gasteiger partial charge on any atom is 0.119 e. The molecule has 0 aromatic heterocycles. The summed E-state index contributed by atoms with van der Waals surface area (Å²) >= 11 is 3.42. The maximum atomic E-state index is 6.00. The first-order chi connectivity index (χ1) is 10.8. The van der Waals surface area contributed by atoms with E-state index in [2.05, 4.69) is 33.4 Å². The lowest BCUT2D eigenvalue weighted by Gasteiger charge is -2.23. The monoisotopic (exact) mass is 361 g/mol.